The van der Waals surface area contributed by atoms with Crippen molar-refractivity contribution in [3.05, 3.63) is 36.8 Å². The number of hydrogen-bond donors (Lipinski definition) is 2. The summed E-state index contributed by atoms with van der Waals surface area (Å²) in [6.45, 7) is 2.74. The van der Waals surface area contributed by atoms with E-state index in [9.17, 15) is 9.59 Å². The van der Waals surface area contributed by atoms with Crippen LogP contribution in [0.4, 0.5) is 16.4 Å². The molecular formula is C23H26N8O3. The van der Waals surface area contributed by atoms with Crippen molar-refractivity contribution >= 4 is 29.3 Å². The van der Waals surface area contributed by atoms with Crippen molar-refractivity contribution in [3.8, 4) is 11.1 Å². The second kappa shape index (κ2) is 8.47. The Morgan fingerprint density at radius 1 is 1.15 bits per heavy atom. The summed E-state index contributed by atoms with van der Waals surface area (Å²) in [6.07, 6.45) is 7.37. The lowest BCUT2D eigenvalue weighted by Crippen LogP contribution is -2.49. The number of rotatable bonds is 5. The topological polar surface area (TPSA) is 117 Å². The molecule has 11 nitrogen and oxygen atoms in total. The van der Waals surface area contributed by atoms with Gasteiger partial charge in [0.1, 0.15) is 17.7 Å². The third-order valence-electron chi connectivity index (χ3n) is 6.44. The normalized spacial score (nSPS) is 20.5. The van der Waals surface area contributed by atoms with E-state index in [1.54, 1.807) is 15.6 Å². The van der Waals surface area contributed by atoms with Crippen LogP contribution in [0.1, 0.15) is 19.3 Å². The molecule has 34 heavy (non-hydrogen) atoms. The lowest BCUT2D eigenvalue weighted by Gasteiger charge is -2.35. The summed E-state index contributed by atoms with van der Waals surface area (Å²) in [4.78, 5) is 37.1. The monoisotopic (exact) mass is 462 g/mol. The van der Waals surface area contributed by atoms with Gasteiger partial charge in [-0.25, -0.2) is 19.3 Å². The fourth-order valence-electron chi connectivity index (χ4n) is 4.38. The first-order chi connectivity index (χ1) is 16.6. The van der Waals surface area contributed by atoms with Crippen LogP contribution in [0.25, 0.3) is 16.8 Å². The molecule has 2 saturated heterocycles. The predicted molar refractivity (Wildman–Crippen MR) is 125 cm³/mol. The predicted octanol–water partition coefficient (Wildman–Crippen LogP) is 1.51. The van der Waals surface area contributed by atoms with Crippen LogP contribution in [0.15, 0.2) is 36.8 Å². The minimum Gasteiger partial charge on any atom is -0.444 e. The number of carbonyl (C=O) groups excluding carboxylic acids is 2. The van der Waals surface area contributed by atoms with Crippen molar-refractivity contribution in [2.75, 3.05) is 42.9 Å². The van der Waals surface area contributed by atoms with Gasteiger partial charge in [0.05, 0.1) is 24.7 Å². The highest BCUT2D eigenvalue weighted by atomic mass is 16.6. The third-order valence-corrected chi connectivity index (χ3v) is 6.44. The van der Waals surface area contributed by atoms with Crippen LogP contribution < -0.4 is 15.5 Å². The van der Waals surface area contributed by atoms with Gasteiger partial charge < -0.3 is 25.2 Å². The van der Waals surface area contributed by atoms with Crippen LogP contribution >= 0.6 is 0 Å². The number of nitrogens with zero attached hydrogens (tertiary/aromatic N) is 6. The molecule has 1 saturated carbocycles. The van der Waals surface area contributed by atoms with Gasteiger partial charge in [-0.1, -0.05) is 0 Å². The van der Waals surface area contributed by atoms with Crippen LogP contribution in [0, 0.1) is 0 Å². The van der Waals surface area contributed by atoms with Crippen molar-refractivity contribution in [1.82, 2.24) is 29.8 Å². The molecule has 3 aromatic rings. The maximum atomic E-state index is 12.5. The first-order valence-electron chi connectivity index (χ1n) is 11.7. The number of piperazine rings is 1. The zero-order valence-corrected chi connectivity index (χ0v) is 18.7. The summed E-state index contributed by atoms with van der Waals surface area (Å²) in [5.74, 6) is 1.62. The summed E-state index contributed by atoms with van der Waals surface area (Å²) < 4.78 is 7.24. The number of carbonyl (C=O) groups is 2. The van der Waals surface area contributed by atoms with Crippen LogP contribution in [-0.2, 0) is 9.53 Å². The SMILES string of the molecule is O=C1C[C@H](OC(=O)N2CCN(c3ccn4ncc(-c5cccnc5NC5CC5)c4n3)CC2)CN1. The van der Waals surface area contributed by atoms with Crippen molar-refractivity contribution in [3.63, 3.8) is 0 Å². The second-order valence-corrected chi connectivity index (χ2v) is 8.92. The lowest BCUT2D eigenvalue weighted by molar-refractivity contribution is -0.119. The molecule has 3 aromatic heterocycles. The average molecular weight is 463 g/mol. The summed E-state index contributed by atoms with van der Waals surface area (Å²) in [5, 5.41) is 10.7. The van der Waals surface area contributed by atoms with Gasteiger partial charge in [0.25, 0.3) is 0 Å². The van der Waals surface area contributed by atoms with Crippen molar-refractivity contribution < 1.29 is 14.3 Å². The smallest absolute Gasteiger partial charge is 0.410 e. The number of anilines is 2. The van der Waals surface area contributed by atoms with Crippen LogP contribution in [0.5, 0.6) is 0 Å². The maximum Gasteiger partial charge on any atom is 0.410 e. The van der Waals surface area contributed by atoms with Gasteiger partial charge in [-0.15, -0.1) is 0 Å². The number of aromatic nitrogens is 4. The molecule has 1 atom stereocenters. The minimum atomic E-state index is -0.380. The molecule has 0 aromatic carbocycles. The maximum absolute atomic E-state index is 12.5. The summed E-state index contributed by atoms with van der Waals surface area (Å²) in [6, 6.07) is 6.41. The van der Waals surface area contributed by atoms with E-state index in [4.69, 9.17) is 9.72 Å². The minimum absolute atomic E-state index is 0.0787. The fourth-order valence-corrected chi connectivity index (χ4v) is 4.38. The van der Waals surface area contributed by atoms with E-state index < -0.39 is 0 Å². The molecule has 2 N–H and O–H groups in total. The van der Waals surface area contributed by atoms with Gasteiger partial charge >= 0.3 is 6.09 Å². The Morgan fingerprint density at radius 3 is 2.76 bits per heavy atom. The lowest BCUT2D eigenvalue weighted by atomic mass is 10.1. The van der Waals surface area contributed by atoms with E-state index in [-0.39, 0.29) is 24.5 Å². The van der Waals surface area contributed by atoms with Gasteiger partial charge in [0, 0.05) is 50.2 Å². The Kier molecular flexibility index (Phi) is 5.16. The molecule has 176 valence electrons. The molecule has 3 aliphatic rings. The molecule has 0 radical (unpaired) electrons. The van der Waals surface area contributed by atoms with Crippen LogP contribution in [0.3, 0.4) is 0 Å². The Morgan fingerprint density at radius 2 is 2.00 bits per heavy atom. The second-order valence-electron chi connectivity index (χ2n) is 8.92. The molecule has 11 heteroatoms. The Bertz CT molecular complexity index is 1230. The molecule has 0 spiro atoms. The Labute approximate surface area is 196 Å². The highest BCUT2D eigenvalue weighted by Crippen LogP contribution is 2.33. The zero-order chi connectivity index (χ0) is 23.1. The van der Waals surface area contributed by atoms with Gasteiger partial charge in [-0.05, 0) is 31.0 Å². The molecule has 2 amide bonds. The molecule has 3 fully saturated rings. The molecule has 5 heterocycles. The van der Waals surface area contributed by atoms with Crippen LogP contribution in [0.2, 0.25) is 0 Å². The van der Waals surface area contributed by atoms with Crippen LogP contribution in [-0.4, -0.2) is 81.4 Å². The van der Waals surface area contributed by atoms with Crippen molar-refractivity contribution in [2.45, 2.75) is 31.4 Å². The quantitative estimate of drug-likeness (QED) is 0.586. The third kappa shape index (κ3) is 4.09. The van der Waals surface area contributed by atoms with E-state index in [0.29, 0.717) is 38.8 Å². The summed E-state index contributed by atoms with van der Waals surface area (Å²) in [5.41, 5.74) is 2.69. The molecule has 2 aliphatic heterocycles. The molecule has 0 unspecified atom stereocenters. The molecule has 6 rings (SSSR count). The van der Waals surface area contributed by atoms with E-state index in [1.807, 2.05) is 30.6 Å². The van der Waals surface area contributed by atoms with E-state index in [0.717, 1.165) is 28.4 Å². The highest BCUT2D eigenvalue weighted by molar-refractivity contribution is 5.84. The number of fused-ring (bicyclic) bond motifs is 1. The zero-order valence-electron chi connectivity index (χ0n) is 18.7. The van der Waals surface area contributed by atoms with Gasteiger partial charge in [0.15, 0.2) is 5.65 Å². The standard InChI is InChI=1S/C23H26N8O3/c32-20-12-16(13-25-20)34-23(33)30-10-8-29(9-11-30)19-5-7-31-22(28-19)18(14-26-31)17-2-1-6-24-21(17)27-15-3-4-15/h1-2,5-7,14-16H,3-4,8-13H2,(H,24,27)(H,25,32)/t16-/m0/s1. The molecule has 1 aliphatic carbocycles. The van der Waals surface area contributed by atoms with E-state index >= 15 is 0 Å². The van der Waals surface area contributed by atoms with Crippen molar-refractivity contribution in [1.29, 1.82) is 0 Å². The first-order valence-corrected chi connectivity index (χ1v) is 11.7. The van der Waals surface area contributed by atoms with E-state index in [2.05, 4.69) is 25.6 Å². The Balaban J connectivity index is 1.17. The average Bonchev–Trinajstić information content (AvgIpc) is 3.43. The first kappa shape index (κ1) is 20.7. The number of ether oxygens (including phenoxy) is 1. The number of hydrogen-bond acceptors (Lipinski definition) is 8. The summed E-state index contributed by atoms with van der Waals surface area (Å²) in [7, 11) is 0. The molecule has 0 bridgehead atoms. The summed E-state index contributed by atoms with van der Waals surface area (Å²) >= 11 is 0. The number of pyridine rings is 1. The highest BCUT2D eigenvalue weighted by Gasteiger charge is 2.29. The fraction of sp³-hybridized carbons (Fsp3) is 0.435. The van der Waals surface area contributed by atoms with Gasteiger partial charge in [-0.2, -0.15) is 5.10 Å². The molecular weight excluding hydrogens is 436 g/mol. The number of nitrogens with one attached hydrogen (secondary N) is 2. The van der Waals surface area contributed by atoms with E-state index in [1.165, 1.54) is 12.8 Å². The van der Waals surface area contributed by atoms with Gasteiger partial charge in [0.2, 0.25) is 5.91 Å². The largest absolute Gasteiger partial charge is 0.444 e. The van der Waals surface area contributed by atoms with Crippen molar-refractivity contribution in [2.24, 2.45) is 0 Å². The number of amides is 2. The van der Waals surface area contributed by atoms with Gasteiger partial charge in [-0.3, -0.25) is 4.79 Å². The Hall–Kier alpha value is -3.89.